The Labute approximate surface area is 166 Å². The number of rotatable bonds is 3. The second-order valence-corrected chi connectivity index (χ2v) is 12.6. The maximum atomic E-state index is 13.4. The first-order valence-corrected chi connectivity index (χ1v) is 12.5. The van der Waals surface area contributed by atoms with Crippen LogP contribution in [0.5, 0.6) is 0 Å². The quantitative estimate of drug-likeness (QED) is 0.674. The third-order valence-corrected chi connectivity index (χ3v) is 6.33. The molecule has 3 rings (SSSR count). The minimum absolute atomic E-state index is 0.101. The van der Waals surface area contributed by atoms with E-state index in [9.17, 15) is 22.8 Å². The molecule has 0 aliphatic carbocycles. The summed E-state index contributed by atoms with van der Waals surface area (Å²) in [4.78, 5) is 27.0. The first-order chi connectivity index (χ1) is 13.4. The fourth-order valence-electron chi connectivity index (χ4n) is 3.32. The molecule has 1 saturated heterocycles. The van der Waals surface area contributed by atoms with E-state index in [1.54, 1.807) is 6.92 Å². The van der Waals surface area contributed by atoms with Crippen molar-refractivity contribution in [1.29, 1.82) is 0 Å². The van der Waals surface area contributed by atoms with Gasteiger partial charge in [-0.3, -0.25) is 9.69 Å². The van der Waals surface area contributed by atoms with Crippen LogP contribution in [0.25, 0.3) is 0 Å². The van der Waals surface area contributed by atoms with Crippen LogP contribution >= 0.6 is 0 Å². The van der Waals surface area contributed by atoms with E-state index in [2.05, 4.69) is 10.2 Å². The molecular weight excluding hydrogens is 405 g/mol. The normalized spacial score (nSPS) is 17.7. The van der Waals surface area contributed by atoms with Gasteiger partial charge >= 0.3 is 12.2 Å². The van der Waals surface area contributed by atoms with Crippen molar-refractivity contribution in [1.82, 2.24) is 15.1 Å². The van der Waals surface area contributed by atoms with Crippen LogP contribution in [0.3, 0.4) is 0 Å². The molecule has 156 valence electrons. The number of carbonyl (C=O) groups is 2. The van der Waals surface area contributed by atoms with Crippen molar-refractivity contribution in [2.45, 2.75) is 51.6 Å². The topological polar surface area (TPSA) is 79.5 Å². The molecule has 2 aromatic rings. The van der Waals surface area contributed by atoms with Crippen molar-refractivity contribution in [3.63, 3.8) is 0 Å². The van der Waals surface area contributed by atoms with Gasteiger partial charge in [-0.25, -0.2) is 4.79 Å². The van der Waals surface area contributed by atoms with Crippen LogP contribution < -0.4 is 4.57 Å². The predicted molar refractivity (Wildman–Crippen MR) is 101 cm³/mol. The number of urea groups is 1. The SMILES string of the molecule is Cc1nnc(C2CCC(=O)N2C(=O)N(c2cccc(C(F)(F)F)c2)[Si](C)(C)C)o1. The molecule has 0 radical (unpaired) electrons. The Hall–Kier alpha value is -2.69. The van der Waals surface area contributed by atoms with Gasteiger partial charge in [-0.05, 0) is 24.6 Å². The summed E-state index contributed by atoms with van der Waals surface area (Å²) in [6, 6.07) is 3.16. The minimum atomic E-state index is -4.54. The largest absolute Gasteiger partial charge is 0.423 e. The molecule has 1 atom stereocenters. The molecule has 1 unspecified atom stereocenters. The number of halogens is 3. The Morgan fingerprint density at radius 3 is 2.52 bits per heavy atom. The Morgan fingerprint density at radius 2 is 1.97 bits per heavy atom. The summed E-state index contributed by atoms with van der Waals surface area (Å²) < 4.78 is 46.3. The monoisotopic (exact) mass is 426 g/mol. The van der Waals surface area contributed by atoms with Crippen molar-refractivity contribution in [3.8, 4) is 0 Å². The lowest BCUT2D eigenvalue weighted by atomic mass is 10.2. The van der Waals surface area contributed by atoms with Crippen LogP contribution in [0.4, 0.5) is 23.7 Å². The zero-order valence-electron chi connectivity index (χ0n) is 16.4. The van der Waals surface area contributed by atoms with Crippen molar-refractivity contribution in [2.75, 3.05) is 4.57 Å². The van der Waals surface area contributed by atoms with Gasteiger partial charge in [0.2, 0.25) is 17.7 Å². The van der Waals surface area contributed by atoms with Gasteiger partial charge in [0, 0.05) is 19.0 Å². The smallest absolute Gasteiger partial charge is 0.416 e. The molecule has 7 nitrogen and oxygen atoms in total. The first kappa shape index (κ1) is 21.0. The lowest BCUT2D eigenvalue weighted by molar-refractivity contribution is -0.137. The molecule has 0 N–H and O–H groups in total. The zero-order valence-corrected chi connectivity index (χ0v) is 17.4. The standard InChI is InChI=1S/C18H21F3N4O3Si/c1-11-22-23-16(28-11)14-8-9-15(26)24(14)17(27)25(29(2,3)4)13-7-5-6-12(10-13)18(19,20)21/h5-7,10,14H,8-9H2,1-4H3. The second kappa shape index (κ2) is 7.28. The lowest BCUT2D eigenvalue weighted by Gasteiger charge is -2.38. The summed E-state index contributed by atoms with van der Waals surface area (Å²) in [6.45, 7) is 7.04. The van der Waals surface area contributed by atoms with Gasteiger partial charge in [-0.15, -0.1) is 10.2 Å². The highest BCUT2D eigenvalue weighted by molar-refractivity contribution is 6.83. The summed E-state index contributed by atoms with van der Waals surface area (Å²) >= 11 is 0. The highest BCUT2D eigenvalue weighted by Gasteiger charge is 2.45. The Balaban J connectivity index is 2.03. The number of benzene rings is 1. The van der Waals surface area contributed by atoms with Crippen molar-refractivity contribution < 1.29 is 27.2 Å². The Bertz CT molecular complexity index is 939. The van der Waals surface area contributed by atoms with Gasteiger partial charge in [0.05, 0.1) is 5.56 Å². The molecule has 1 fully saturated rings. The third-order valence-electron chi connectivity index (χ3n) is 4.54. The minimum Gasteiger partial charge on any atom is -0.423 e. The second-order valence-electron chi connectivity index (χ2n) is 7.81. The van der Waals surface area contributed by atoms with E-state index in [1.807, 2.05) is 19.6 Å². The van der Waals surface area contributed by atoms with Crippen LogP contribution in [-0.4, -0.2) is 35.3 Å². The number of amides is 3. The molecule has 3 amide bonds. The zero-order chi connectivity index (χ0) is 21.6. The molecule has 1 aromatic carbocycles. The molecule has 1 aromatic heterocycles. The van der Waals surface area contributed by atoms with E-state index in [0.717, 1.165) is 17.0 Å². The summed E-state index contributed by atoms with van der Waals surface area (Å²) in [5.74, 6) is 0.0130. The van der Waals surface area contributed by atoms with Crippen molar-refractivity contribution in [3.05, 3.63) is 41.6 Å². The van der Waals surface area contributed by atoms with E-state index < -0.39 is 38.0 Å². The van der Waals surface area contributed by atoms with E-state index in [0.29, 0.717) is 12.3 Å². The van der Waals surface area contributed by atoms with Crippen LogP contribution in [0, 0.1) is 6.92 Å². The Kier molecular flexibility index (Phi) is 5.28. The molecule has 2 heterocycles. The maximum absolute atomic E-state index is 13.4. The van der Waals surface area contributed by atoms with Crippen LogP contribution in [-0.2, 0) is 11.0 Å². The van der Waals surface area contributed by atoms with E-state index >= 15 is 0 Å². The number of aromatic nitrogens is 2. The number of hydrogen-bond donors (Lipinski definition) is 0. The number of aryl methyl sites for hydroxylation is 1. The third kappa shape index (κ3) is 4.19. The van der Waals surface area contributed by atoms with Crippen molar-refractivity contribution >= 4 is 25.9 Å². The molecule has 0 saturated carbocycles. The van der Waals surface area contributed by atoms with Crippen molar-refractivity contribution in [2.24, 2.45) is 0 Å². The van der Waals surface area contributed by atoms with E-state index in [-0.39, 0.29) is 18.0 Å². The highest BCUT2D eigenvalue weighted by Crippen LogP contribution is 2.37. The molecular formula is C18H21F3N4O3Si. The van der Waals surface area contributed by atoms with Crippen LogP contribution in [0.1, 0.15) is 36.2 Å². The summed E-state index contributed by atoms with van der Waals surface area (Å²) in [5.41, 5.74) is -0.757. The maximum Gasteiger partial charge on any atom is 0.416 e. The number of alkyl halides is 3. The fourth-order valence-corrected chi connectivity index (χ4v) is 4.91. The van der Waals surface area contributed by atoms with Gasteiger partial charge in [-0.2, -0.15) is 13.2 Å². The van der Waals surface area contributed by atoms with Gasteiger partial charge in [-0.1, -0.05) is 25.7 Å². The number of hydrogen-bond acceptors (Lipinski definition) is 5. The van der Waals surface area contributed by atoms with Crippen LogP contribution in [0.15, 0.2) is 28.7 Å². The molecule has 0 bridgehead atoms. The number of likely N-dealkylation sites (tertiary alicyclic amines) is 1. The molecule has 11 heteroatoms. The average molecular weight is 426 g/mol. The lowest BCUT2D eigenvalue weighted by Crippen LogP contribution is -2.56. The molecule has 1 aliphatic heterocycles. The summed E-state index contributed by atoms with van der Waals surface area (Å²) in [6.07, 6.45) is -4.12. The Morgan fingerprint density at radius 1 is 1.28 bits per heavy atom. The molecule has 1 aliphatic rings. The number of imide groups is 1. The highest BCUT2D eigenvalue weighted by atomic mass is 28.3. The first-order valence-electron chi connectivity index (χ1n) is 9.03. The summed E-state index contributed by atoms with van der Waals surface area (Å²) in [7, 11) is -2.54. The van der Waals surface area contributed by atoms with E-state index in [4.69, 9.17) is 4.42 Å². The number of nitrogens with zero attached hydrogens (tertiary/aromatic N) is 4. The number of anilines is 1. The summed E-state index contributed by atoms with van der Waals surface area (Å²) in [5, 5.41) is 7.66. The average Bonchev–Trinajstić information content (AvgIpc) is 3.18. The fraction of sp³-hybridized carbons (Fsp3) is 0.444. The van der Waals surface area contributed by atoms with Gasteiger partial charge in [0.25, 0.3) is 0 Å². The molecule has 0 spiro atoms. The van der Waals surface area contributed by atoms with Gasteiger partial charge in [0.1, 0.15) is 6.04 Å². The van der Waals surface area contributed by atoms with Gasteiger partial charge < -0.3 is 8.98 Å². The number of carbonyl (C=O) groups excluding carboxylic acids is 2. The predicted octanol–water partition coefficient (Wildman–Crippen LogP) is 4.52. The van der Waals surface area contributed by atoms with Crippen LogP contribution in [0.2, 0.25) is 19.6 Å². The van der Waals surface area contributed by atoms with E-state index in [1.165, 1.54) is 16.7 Å². The molecule has 29 heavy (non-hydrogen) atoms. The van der Waals surface area contributed by atoms with Gasteiger partial charge in [0.15, 0.2) is 8.24 Å².